The van der Waals surface area contributed by atoms with E-state index in [-0.39, 0.29) is 6.61 Å². The zero-order chi connectivity index (χ0) is 20.1. The fourth-order valence-corrected chi connectivity index (χ4v) is 3.17. The van der Waals surface area contributed by atoms with Gasteiger partial charge in [-0.3, -0.25) is 5.10 Å². The smallest absolute Gasteiger partial charge is 0.216 e. The van der Waals surface area contributed by atoms with E-state index >= 15 is 0 Å². The van der Waals surface area contributed by atoms with E-state index in [1.165, 1.54) is 0 Å². The van der Waals surface area contributed by atoms with Crippen molar-refractivity contribution in [2.75, 3.05) is 6.61 Å². The van der Waals surface area contributed by atoms with Crippen LogP contribution in [0.15, 0.2) is 41.5 Å². The number of hydrogen-bond acceptors (Lipinski definition) is 5. The first-order valence-electron chi connectivity index (χ1n) is 8.50. The van der Waals surface area contributed by atoms with Crippen LogP contribution < -0.4 is 9.47 Å². The van der Waals surface area contributed by atoms with Gasteiger partial charge in [0.2, 0.25) is 4.77 Å². The van der Waals surface area contributed by atoms with Gasteiger partial charge < -0.3 is 9.47 Å². The van der Waals surface area contributed by atoms with Crippen molar-refractivity contribution in [1.82, 2.24) is 14.9 Å². The standard InChI is InChI=1S/C19H18Cl2N4O2S/c1-3-26-18-9-13(10-22-25-12(2)23-24-19(25)28)7-8-17(18)27-11-14-15(20)5-4-6-16(14)21/h4-10H,3,11H2,1-2H3,(H,24,28)/b22-10-. The molecule has 0 saturated carbocycles. The van der Waals surface area contributed by atoms with Gasteiger partial charge in [0.15, 0.2) is 11.5 Å². The van der Waals surface area contributed by atoms with Crippen LogP contribution in [-0.2, 0) is 6.61 Å². The van der Waals surface area contributed by atoms with E-state index in [0.29, 0.717) is 38.7 Å². The van der Waals surface area contributed by atoms with Crippen molar-refractivity contribution in [2.24, 2.45) is 5.10 Å². The number of aromatic amines is 1. The number of benzene rings is 2. The Bertz CT molecular complexity index is 1040. The molecule has 28 heavy (non-hydrogen) atoms. The molecule has 1 N–H and O–H groups in total. The highest BCUT2D eigenvalue weighted by Gasteiger charge is 2.10. The van der Waals surface area contributed by atoms with Crippen molar-refractivity contribution in [2.45, 2.75) is 20.5 Å². The average Bonchev–Trinajstić information content (AvgIpc) is 2.99. The second-order valence-electron chi connectivity index (χ2n) is 5.76. The Hall–Kier alpha value is -2.35. The lowest BCUT2D eigenvalue weighted by Crippen LogP contribution is -2.02. The molecule has 0 amide bonds. The normalized spacial score (nSPS) is 11.1. The molecule has 3 rings (SSSR count). The molecule has 0 saturated heterocycles. The summed E-state index contributed by atoms with van der Waals surface area (Å²) in [4.78, 5) is 0. The zero-order valence-electron chi connectivity index (χ0n) is 15.3. The molecule has 0 fully saturated rings. The number of nitrogens with one attached hydrogen (secondary N) is 1. The number of hydrogen-bond donors (Lipinski definition) is 1. The van der Waals surface area contributed by atoms with Gasteiger partial charge in [0.1, 0.15) is 12.4 Å². The molecule has 0 unspecified atom stereocenters. The van der Waals surface area contributed by atoms with E-state index < -0.39 is 0 Å². The molecule has 0 bridgehead atoms. The summed E-state index contributed by atoms with van der Waals surface area (Å²) in [7, 11) is 0. The zero-order valence-corrected chi connectivity index (χ0v) is 17.6. The summed E-state index contributed by atoms with van der Waals surface area (Å²) in [6.07, 6.45) is 1.68. The Morgan fingerprint density at radius 3 is 2.57 bits per heavy atom. The maximum absolute atomic E-state index is 6.21. The minimum atomic E-state index is 0.232. The molecule has 3 aromatic rings. The Balaban J connectivity index is 1.82. The molecule has 0 aliphatic heterocycles. The fourth-order valence-electron chi connectivity index (χ4n) is 2.44. The summed E-state index contributed by atoms with van der Waals surface area (Å²) in [6, 6.07) is 10.9. The number of aryl methyl sites for hydroxylation is 1. The second-order valence-corrected chi connectivity index (χ2v) is 6.96. The average molecular weight is 437 g/mol. The van der Waals surface area contributed by atoms with E-state index in [4.69, 9.17) is 44.9 Å². The summed E-state index contributed by atoms with van der Waals surface area (Å²) in [5, 5.41) is 12.2. The van der Waals surface area contributed by atoms with Crippen LogP contribution in [0.5, 0.6) is 11.5 Å². The molecule has 0 radical (unpaired) electrons. The number of aromatic nitrogens is 3. The highest BCUT2D eigenvalue weighted by atomic mass is 35.5. The minimum Gasteiger partial charge on any atom is -0.490 e. The summed E-state index contributed by atoms with van der Waals surface area (Å²) in [6.45, 7) is 4.45. The van der Waals surface area contributed by atoms with Crippen LogP contribution in [0.2, 0.25) is 10.0 Å². The molecule has 146 valence electrons. The Morgan fingerprint density at radius 1 is 1.18 bits per heavy atom. The van der Waals surface area contributed by atoms with Gasteiger partial charge in [0.05, 0.1) is 12.8 Å². The Labute approximate surface area is 177 Å². The third kappa shape index (κ3) is 4.73. The van der Waals surface area contributed by atoms with E-state index in [2.05, 4.69) is 15.3 Å². The monoisotopic (exact) mass is 436 g/mol. The summed E-state index contributed by atoms with van der Waals surface area (Å²) >= 11 is 17.6. The molecule has 0 atom stereocenters. The van der Waals surface area contributed by atoms with Gasteiger partial charge in [0, 0.05) is 15.6 Å². The van der Waals surface area contributed by atoms with Crippen LogP contribution in [0, 0.1) is 11.7 Å². The van der Waals surface area contributed by atoms with Gasteiger partial charge in [-0.25, -0.2) is 0 Å². The number of nitrogens with zero attached hydrogens (tertiary/aromatic N) is 3. The summed E-state index contributed by atoms with van der Waals surface area (Å²) < 4.78 is 13.6. The Morgan fingerprint density at radius 2 is 1.93 bits per heavy atom. The maximum atomic E-state index is 6.21. The van der Waals surface area contributed by atoms with E-state index in [9.17, 15) is 0 Å². The fraction of sp³-hybridized carbons (Fsp3) is 0.211. The molecule has 0 aliphatic carbocycles. The van der Waals surface area contributed by atoms with Crippen molar-refractivity contribution in [3.63, 3.8) is 0 Å². The first kappa shape index (κ1) is 20.4. The first-order chi connectivity index (χ1) is 13.5. The van der Waals surface area contributed by atoms with Crippen molar-refractivity contribution in [3.05, 3.63) is 68.2 Å². The third-order valence-corrected chi connectivity index (χ3v) is 4.81. The second kappa shape index (κ2) is 9.23. The minimum absolute atomic E-state index is 0.232. The van der Waals surface area contributed by atoms with Crippen molar-refractivity contribution < 1.29 is 9.47 Å². The highest BCUT2D eigenvalue weighted by Crippen LogP contribution is 2.31. The largest absolute Gasteiger partial charge is 0.490 e. The van der Waals surface area contributed by atoms with Gasteiger partial charge in [0.25, 0.3) is 0 Å². The Kier molecular flexibility index (Phi) is 6.72. The van der Waals surface area contributed by atoms with E-state index in [1.54, 1.807) is 29.1 Å². The lowest BCUT2D eigenvalue weighted by Gasteiger charge is -2.14. The topological polar surface area (TPSA) is 64.4 Å². The molecular formula is C19H18Cl2N4O2S. The molecule has 1 aromatic heterocycles. The van der Waals surface area contributed by atoms with Crippen LogP contribution in [0.1, 0.15) is 23.9 Å². The van der Waals surface area contributed by atoms with Crippen LogP contribution >= 0.6 is 35.4 Å². The van der Waals surface area contributed by atoms with Crippen LogP contribution in [-0.4, -0.2) is 27.7 Å². The third-order valence-electron chi connectivity index (χ3n) is 3.84. The predicted octanol–water partition coefficient (Wildman–Crippen LogP) is 5.42. The molecule has 1 heterocycles. The molecule has 0 spiro atoms. The van der Waals surface area contributed by atoms with Crippen LogP contribution in [0.3, 0.4) is 0 Å². The van der Waals surface area contributed by atoms with E-state index in [1.807, 2.05) is 32.0 Å². The quantitative estimate of drug-likeness (QED) is 0.396. The molecule has 9 heteroatoms. The lowest BCUT2D eigenvalue weighted by molar-refractivity contribution is 0.269. The summed E-state index contributed by atoms with van der Waals surface area (Å²) in [5.74, 6) is 1.86. The maximum Gasteiger partial charge on any atom is 0.216 e. The van der Waals surface area contributed by atoms with Crippen molar-refractivity contribution >= 4 is 41.6 Å². The van der Waals surface area contributed by atoms with Gasteiger partial charge in [-0.1, -0.05) is 29.3 Å². The molecule has 2 aromatic carbocycles. The molecular weight excluding hydrogens is 419 g/mol. The van der Waals surface area contributed by atoms with E-state index in [0.717, 1.165) is 11.1 Å². The van der Waals surface area contributed by atoms with Gasteiger partial charge in [-0.15, -0.1) is 0 Å². The SMILES string of the molecule is CCOc1cc(/C=N\n2c(C)n[nH]c2=S)ccc1OCc1c(Cl)cccc1Cl. The number of ether oxygens (including phenoxy) is 2. The number of halogens is 2. The predicted molar refractivity (Wildman–Crippen MR) is 114 cm³/mol. The van der Waals surface area contributed by atoms with Crippen LogP contribution in [0.4, 0.5) is 0 Å². The number of H-pyrrole nitrogens is 1. The van der Waals surface area contributed by atoms with Crippen molar-refractivity contribution in [3.8, 4) is 11.5 Å². The number of rotatable bonds is 7. The molecule has 0 aliphatic rings. The summed E-state index contributed by atoms with van der Waals surface area (Å²) in [5.41, 5.74) is 1.55. The van der Waals surface area contributed by atoms with Gasteiger partial charge in [-0.05, 0) is 62.0 Å². The highest BCUT2D eigenvalue weighted by molar-refractivity contribution is 7.71. The van der Waals surface area contributed by atoms with Gasteiger partial charge >= 0.3 is 0 Å². The van der Waals surface area contributed by atoms with Crippen molar-refractivity contribution in [1.29, 1.82) is 0 Å². The first-order valence-corrected chi connectivity index (χ1v) is 9.67. The van der Waals surface area contributed by atoms with Crippen LogP contribution in [0.25, 0.3) is 0 Å². The van der Waals surface area contributed by atoms with Gasteiger partial charge in [-0.2, -0.15) is 14.9 Å². The lowest BCUT2D eigenvalue weighted by atomic mass is 10.2. The molecule has 6 nitrogen and oxygen atoms in total.